The third-order valence-corrected chi connectivity index (χ3v) is 4.95. The Balaban J connectivity index is 2.02. The Labute approximate surface area is 183 Å². The van der Waals surface area contributed by atoms with Crippen LogP contribution in [-0.4, -0.2) is 37.6 Å². The predicted molar refractivity (Wildman–Crippen MR) is 122 cm³/mol. The number of aryl methyl sites for hydroxylation is 1. The first kappa shape index (κ1) is 24.5. The Morgan fingerprint density at radius 1 is 1.06 bits per heavy atom. The number of ether oxygens (including phenoxy) is 1. The molecule has 0 aromatic heterocycles. The van der Waals surface area contributed by atoms with Gasteiger partial charge in [0.2, 0.25) is 5.91 Å². The van der Waals surface area contributed by atoms with Gasteiger partial charge in [-0.3, -0.25) is 4.79 Å². The fourth-order valence-electron chi connectivity index (χ4n) is 3.53. The van der Waals surface area contributed by atoms with E-state index in [1.54, 1.807) is 13.2 Å². The number of rotatable bonds is 12. The van der Waals surface area contributed by atoms with E-state index < -0.39 is 17.5 Å². The Morgan fingerprint density at radius 2 is 1.74 bits per heavy atom. The number of nitrogens with one attached hydrogen (secondary N) is 1. The normalized spacial score (nSPS) is 11.3. The molecule has 0 saturated carbocycles. The predicted octanol–water partition coefficient (Wildman–Crippen LogP) is 5.68. The van der Waals surface area contributed by atoms with Crippen molar-refractivity contribution in [2.45, 2.75) is 39.5 Å². The second-order valence-corrected chi connectivity index (χ2v) is 7.43. The van der Waals surface area contributed by atoms with Gasteiger partial charge in [0.15, 0.2) is 0 Å². The molecule has 0 aliphatic heterocycles. The molecule has 0 unspecified atom stereocenters. The highest BCUT2D eigenvalue weighted by atomic mass is 19.1. The fourth-order valence-corrected chi connectivity index (χ4v) is 3.53. The summed E-state index contributed by atoms with van der Waals surface area (Å²) < 4.78 is 32.9. The summed E-state index contributed by atoms with van der Waals surface area (Å²) in [7, 11) is 1.63. The molecule has 2 rings (SSSR count). The molecule has 1 N–H and O–H groups in total. The number of hydrogen-bond donors (Lipinski definition) is 1. The van der Waals surface area contributed by atoms with Gasteiger partial charge >= 0.3 is 0 Å². The van der Waals surface area contributed by atoms with Crippen molar-refractivity contribution in [3.63, 3.8) is 0 Å². The van der Waals surface area contributed by atoms with Crippen molar-refractivity contribution in [2.75, 3.05) is 32.1 Å². The van der Waals surface area contributed by atoms with Crippen LogP contribution < -0.4 is 10.1 Å². The molecule has 0 spiro atoms. The lowest BCUT2D eigenvalue weighted by Gasteiger charge is -2.21. The van der Waals surface area contributed by atoms with Crippen molar-refractivity contribution in [1.82, 2.24) is 4.90 Å². The lowest BCUT2D eigenvalue weighted by molar-refractivity contribution is -0.111. The Kier molecular flexibility index (Phi) is 10.2. The van der Waals surface area contributed by atoms with Gasteiger partial charge in [0.25, 0.3) is 0 Å². The third-order valence-electron chi connectivity index (χ3n) is 4.95. The maximum atomic E-state index is 13.7. The average Bonchev–Trinajstić information content (AvgIpc) is 2.74. The minimum absolute atomic E-state index is 0.239. The Bertz CT molecular complexity index is 858. The van der Waals surface area contributed by atoms with Crippen molar-refractivity contribution < 1.29 is 18.3 Å². The van der Waals surface area contributed by atoms with Crippen LogP contribution in [0.15, 0.2) is 42.5 Å². The number of anilines is 1. The fraction of sp³-hybridized carbons (Fsp3) is 0.400. The lowest BCUT2D eigenvalue weighted by Crippen LogP contribution is -2.26. The maximum absolute atomic E-state index is 13.7. The van der Waals surface area contributed by atoms with Crippen molar-refractivity contribution >= 4 is 17.7 Å². The average molecular weight is 431 g/mol. The molecule has 6 heteroatoms. The van der Waals surface area contributed by atoms with E-state index in [9.17, 15) is 13.6 Å². The van der Waals surface area contributed by atoms with Crippen LogP contribution >= 0.6 is 0 Å². The van der Waals surface area contributed by atoms with E-state index in [-0.39, 0.29) is 5.56 Å². The summed E-state index contributed by atoms with van der Waals surface area (Å²) >= 11 is 0. The van der Waals surface area contributed by atoms with Gasteiger partial charge in [0.1, 0.15) is 17.4 Å². The van der Waals surface area contributed by atoms with E-state index in [0.717, 1.165) is 80.9 Å². The van der Waals surface area contributed by atoms with Gasteiger partial charge in [-0.25, -0.2) is 8.78 Å². The number of carbonyl (C=O) groups excluding carboxylic acids is 1. The summed E-state index contributed by atoms with van der Waals surface area (Å²) in [6.07, 6.45) is 6.34. The Hall–Kier alpha value is -2.73. The van der Waals surface area contributed by atoms with Crippen LogP contribution in [0.1, 0.15) is 44.2 Å². The summed E-state index contributed by atoms with van der Waals surface area (Å²) in [5.74, 6) is -1.11. The number of carbonyl (C=O) groups is 1. The summed E-state index contributed by atoms with van der Waals surface area (Å²) in [5.41, 5.74) is 1.38. The molecule has 2 aromatic rings. The van der Waals surface area contributed by atoms with Crippen LogP contribution in [0.2, 0.25) is 0 Å². The first-order valence-electron chi connectivity index (χ1n) is 10.8. The van der Waals surface area contributed by atoms with Gasteiger partial charge in [0.05, 0.1) is 7.11 Å². The highest BCUT2D eigenvalue weighted by Gasteiger charge is 2.09. The number of hydrogen-bond acceptors (Lipinski definition) is 3. The van der Waals surface area contributed by atoms with E-state index in [4.69, 9.17) is 4.74 Å². The molecule has 0 heterocycles. The molecule has 0 saturated heterocycles. The molecule has 0 radical (unpaired) electrons. The summed E-state index contributed by atoms with van der Waals surface area (Å²) in [5, 5.41) is 2.75. The Morgan fingerprint density at radius 3 is 2.35 bits per heavy atom. The van der Waals surface area contributed by atoms with E-state index >= 15 is 0 Å². The number of halogens is 2. The van der Waals surface area contributed by atoms with E-state index in [2.05, 4.69) is 24.1 Å². The summed E-state index contributed by atoms with van der Waals surface area (Å²) in [6.45, 7) is 7.57. The quantitative estimate of drug-likeness (QED) is 0.441. The zero-order valence-corrected chi connectivity index (χ0v) is 18.6. The van der Waals surface area contributed by atoms with Crippen LogP contribution in [0.5, 0.6) is 5.75 Å². The second kappa shape index (κ2) is 12.8. The van der Waals surface area contributed by atoms with Crippen LogP contribution in [0.4, 0.5) is 14.5 Å². The van der Waals surface area contributed by atoms with Gasteiger partial charge < -0.3 is 15.0 Å². The second-order valence-electron chi connectivity index (χ2n) is 7.43. The SMILES string of the molecule is CCCN(CCC)CCCc1cc(NC(=O)C=Cc2c(F)cccc2F)ccc1OC. The van der Waals surface area contributed by atoms with Gasteiger partial charge in [-0.1, -0.05) is 19.9 Å². The van der Waals surface area contributed by atoms with Crippen molar-refractivity contribution in [3.8, 4) is 5.75 Å². The summed E-state index contributed by atoms with van der Waals surface area (Å²) in [4.78, 5) is 14.7. The molecular formula is C25H32F2N2O2. The van der Waals surface area contributed by atoms with Crippen LogP contribution in [0, 0.1) is 11.6 Å². The van der Waals surface area contributed by atoms with Crippen LogP contribution in [0.25, 0.3) is 6.08 Å². The largest absolute Gasteiger partial charge is 0.496 e. The number of amides is 1. The zero-order chi connectivity index (χ0) is 22.6. The first-order valence-corrected chi connectivity index (χ1v) is 10.8. The first-order chi connectivity index (χ1) is 15.0. The number of benzene rings is 2. The summed E-state index contributed by atoms with van der Waals surface area (Å²) in [6, 6.07) is 9.04. The molecule has 0 atom stereocenters. The molecule has 1 amide bonds. The van der Waals surface area contributed by atoms with Gasteiger partial charge in [-0.05, 0) is 87.3 Å². The molecular weight excluding hydrogens is 398 g/mol. The standard InChI is InChI=1S/C25H32F2N2O2/c1-4-15-29(16-5-2)17-7-8-19-18-20(11-13-24(19)31-3)28-25(30)14-12-21-22(26)9-6-10-23(21)27/h6,9-14,18H,4-5,7-8,15-17H2,1-3H3,(H,28,30). The van der Waals surface area contributed by atoms with Crippen LogP contribution in [0.3, 0.4) is 0 Å². The molecule has 0 aliphatic carbocycles. The lowest BCUT2D eigenvalue weighted by atomic mass is 10.1. The molecule has 0 fully saturated rings. The zero-order valence-electron chi connectivity index (χ0n) is 18.6. The minimum Gasteiger partial charge on any atom is -0.496 e. The molecule has 168 valence electrons. The molecule has 4 nitrogen and oxygen atoms in total. The molecule has 2 aromatic carbocycles. The van der Waals surface area contributed by atoms with Crippen LogP contribution in [-0.2, 0) is 11.2 Å². The van der Waals surface area contributed by atoms with Gasteiger partial charge in [-0.2, -0.15) is 0 Å². The smallest absolute Gasteiger partial charge is 0.248 e. The van der Waals surface area contributed by atoms with Crippen molar-refractivity contribution in [2.24, 2.45) is 0 Å². The van der Waals surface area contributed by atoms with E-state index in [1.807, 2.05) is 12.1 Å². The number of methoxy groups -OCH3 is 1. The third kappa shape index (κ3) is 7.79. The minimum atomic E-state index is -0.712. The highest BCUT2D eigenvalue weighted by Crippen LogP contribution is 2.24. The van der Waals surface area contributed by atoms with E-state index in [0.29, 0.717) is 5.69 Å². The maximum Gasteiger partial charge on any atom is 0.248 e. The molecule has 0 bridgehead atoms. The molecule has 31 heavy (non-hydrogen) atoms. The highest BCUT2D eigenvalue weighted by molar-refractivity contribution is 6.02. The van der Waals surface area contributed by atoms with Crippen molar-refractivity contribution in [1.29, 1.82) is 0 Å². The molecule has 0 aliphatic rings. The monoisotopic (exact) mass is 430 g/mol. The topological polar surface area (TPSA) is 41.6 Å². The number of nitrogens with zero attached hydrogens (tertiary/aromatic N) is 1. The van der Waals surface area contributed by atoms with Gasteiger partial charge in [-0.15, -0.1) is 0 Å². The van der Waals surface area contributed by atoms with Crippen molar-refractivity contribution in [3.05, 3.63) is 65.2 Å². The van der Waals surface area contributed by atoms with E-state index in [1.165, 1.54) is 6.07 Å². The van der Waals surface area contributed by atoms with Gasteiger partial charge in [0, 0.05) is 17.3 Å².